The Balaban J connectivity index is 4.22. The van der Waals surface area contributed by atoms with Crippen LogP contribution in [0.1, 0.15) is 27.7 Å². The van der Waals surface area contributed by atoms with E-state index >= 15 is 0 Å². The van der Waals surface area contributed by atoms with Gasteiger partial charge in [-0.25, -0.2) is 4.79 Å². The highest BCUT2D eigenvalue weighted by atomic mass is 16.6. The molecule has 0 N–H and O–H groups in total. The minimum atomic E-state index is -0.513. The summed E-state index contributed by atoms with van der Waals surface area (Å²) in [5.41, 5.74) is -0.513. The SMILES string of the molecule is C[C@@H](C#N)N(C)C(=O)OC(C)(C)C. The molecule has 0 aliphatic rings. The normalized spacial score (nSPS) is 12.9. The van der Waals surface area contributed by atoms with Crippen LogP contribution in [0.5, 0.6) is 0 Å². The fraction of sp³-hybridized carbons (Fsp3) is 0.778. The Kier molecular flexibility index (Phi) is 3.73. The van der Waals surface area contributed by atoms with Crippen molar-refractivity contribution in [1.82, 2.24) is 4.90 Å². The van der Waals surface area contributed by atoms with Crippen molar-refractivity contribution in [3.05, 3.63) is 0 Å². The molecule has 0 rings (SSSR count). The molecule has 0 unspecified atom stereocenters. The Hall–Kier alpha value is -1.24. The van der Waals surface area contributed by atoms with Crippen LogP contribution in [0, 0.1) is 11.3 Å². The van der Waals surface area contributed by atoms with E-state index in [2.05, 4.69) is 0 Å². The Morgan fingerprint density at radius 1 is 1.54 bits per heavy atom. The van der Waals surface area contributed by atoms with Gasteiger partial charge in [0.05, 0.1) is 6.07 Å². The number of nitriles is 1. The van der Waals surface area contributed by atoms with Crippen molar-refractivity contribution in [2.75, 3.05) is 7.05 Å². The molecule has 0 radical (unpaired) electrons. The lowest BCUT2D eigenvalue weighted by molar-refractivity contribution is 0.0271. The molecule has 0 aromatic rings. The summed E-state index contributed by atoms with van der Waals surface area (Å²) in [5, 5.41) is 8.55. The van der Waals surface area contributed by atoms with Crippen LogP contribution in [0.3, 0.4) is 0 Å². The van der Waals surface area contributed by atoms with E-state index in [1.54, 1.807) is 34.7 Å². The number of rotatable bonds is 1. The Bertz CT molecular complexity index is 225. The third-order valence-corrected chi connectivity index (χ3v) is 1.45. The molecule has 0 saturated carbocycles. The van der Waals surface area contributed by atoms with Gasteiger partial charge in [0.2, 0.25) is 0 Å². The smallest absolute Gasteiger partial charge is 0.411 e. The standard InChI is InChI=1S/C9H16N2O2/c1-7(6-10)11(5)8(12)13-9(2,3)4/h7H,1-5H3/t7-/m0/s1. The van der Waals surface area contributed by atoms with Crippen molar-refractivity contribution < 1.29 is 9.53 Å². The number of hydrogen-bond acceptors (Lipinski definition) is 3. The molecular weight excluding hydrogens is 168 g/mol. The zero-order valence-corrected chi connectivity index (χ0v) is 8.79. The van der Waals surface area contributed by atoms with Gasteiger partial charge < -0.3 is 4.74 Å². The van der Waals surface area contributed by atoms with Crippen LogP contribution in [-0.2, 0) is 4.74 Å². The third kappa shape index (κ3) is 4.36. The minimum Gasteiger partial charge on any atom is -0.444 e. The molecule has 74 valence electrons. The number of hydrogen-bond donors (Lipinski definition) is 0. The first kappa shape index (κ1) is 11.8. The van der Waals surface area contributed by atoms with Crippen molar-refractivity contribution in [2.24, 2.45) is 0 Å². The van der Waals surface area contributed by atoms with Gasteiger partial charge >= 0.3 is 6.09 Å². The third-order valence-electron chi connectivity index (χ3n) is 1.45. The fourth-order valence-electron chi connectivity index (χ4n) is 0.579. The predicted octanol–water partition coefficient (Wildman–Crippen LogP) is 1.77. The first-order valence-electron chi connectivity index (χ1n) is 4.13. The fourth-order valence-corrected chi connectivity index (χ4v) is 0.579. The summed E-state index contributed by atoms with van der Waals surface area (Å²) in [7, 11) is 1.54. The number of nitrogens with zero attached hydrogens (tertiary/aromatic N) is 2. The highest BCUT2D eigenvalue weighted by Gasteiger charge is 2.22. The van der Waals surface area contributed by atoms with Crippen molar-refractivity contribution in [1.29, 1.82) is 5.26 Å². The summed E-state index contributed by atoms with van der Waals surface area (Å²) in [5.74, 6) is 0. The number of carbonyl (C=O) groups excluding carboxylic acids is 1. The lowest BCUT2D eigenvalue weighted by atomic mass is 10.2. The maximum Gasteiger partial charge on any atom is 0.411 e. The Labute approximate surface area is 79.1 Å². The molecule has 4 heteroatoms. The molecule has 0 aliphatic heterocycles. The zero-order valence-electron chi connectivity index (χ0n) is 8.79. The van der Waals surface area contributed by atoms with Gasteiger partial charge in [-0.05, 0) is 27.7 Å². The summed E-state index contributed by atoms with van der Waals surface area (Å²) in [6, 6.07) is 1.49. The van der Waals surface area contributed by atoms with E-state index < -0.39 is 17.7 Å². The number of carbonyl (C=O) groups is 1. The molecule has 1 amide bonds. The van der Waals surface area contributed by atoms with E-state index in [9.17, 15) is 4.79 Å². The largest absolute Gasteiger partial charge is 0.444 e. The second-order valence-corrected chi connectivity index (χ2v) is 3.90. The van der Waals surface area contributed by atoms with E-state index in [1.807, 2.05) is 6.07 Å². The summed E-state index contributed by atoms with van der Waals surface area (Å²) < 4.78 is 5.06. The average molecular weight is 184 g/mol. The van der Waals surface area contributed by atoms with Gasteiger partial charge in [-0.3, -0.25) is 4.90 Å². The molecule has 0 saturated heterocycles. The molecule has 0 aromatic heterocycles. The molecule has 13 heavy (non-hydrogen) atoms. The Morgan fingerprint density at radius 3 is 2.31 bits per heavy atom. The second-order valence-electron chi connectivity index (χ2n) is 3.90. The lowest BCUT2D eigenvalue weighted by Gasteiger charge is -2.25. The molecule has 1 atom stereocenters. The minimum absolute atomic E-state index is 0.463. The van der Waals surface area contributed by atoms with Crippen LogP contribution in [0.25, 0.3) is 0 Å². The first-order chi connectivity index (χ1) is 5.78. The molecule has 0 aliphatic carbocycles. The van der Waals surface area contributed by atoms with Crippen molar-refractivity contribution >= 4 is 6.09 Å². The lowest BCUT2D eigenvalue weighted by Crippen LogP contribution is -2.38. The average Bonchev–Trinajstić information content (AvgIpc) is 1.98. The molecule has 0 spiro atoms. The van der Waals surface area contributed by atoms with E-state index in [-0.39, 0.29) is 0 Å². The maximum absolute atomic E-state index is 11.3. The topological polar surface area (TPSA) is 53.3 Å². The van der Waals surface area contributed by atoms with Crippen LogP contribution in [-0.4, -0.2) is 29.7 Å². The van der Waals surface area contributed by atoms with Gasteiger partial charge in [-0.2, -0.15) is 5.26 Å². The summed E-state index contributed by atoms with van der Waals surface area (Å²) in [6.07, 6.45) is -0.471. The van der Waals surface area contributed by atoms with Gasteiger partial charge in [0.15, 0.2) is 0 Å². The van der Waals surface area contributed by atoms with Crippen LogP contribution >= 0.6 is 0 Å². The first-order valence-corrected chi connectivity index (χ1v) is 4.13. The zero-order chi connectivity index (χ0) is 10.6. The summed E-state index contributed by atoms with van der Waals surface area (Å²) >= 11 is 0. The van der Waals surface area contributed by atoms with Crippen molar-refractivity contribution in [3.8, 4) is 6.07 Å². The predicted molar refractivity (Wildman–Crippen MR) is 49.1 cm³/mol. The summed E-state index contributed by atoms with van der Waals surface area (Å²) in [4.78, 5) is 12.6. The van der Waals surface area contributed by atoms with Crippen LogP contribution < -0.4 is 0 Å². The quantitative estimate of drug-likeness (QED) is 0.624. The van der Waals surface area contributed by atoms with Crippen LogP contribution in [0.15, 0.2) is 0 Å². The van der Waals surface area contributed by atoms with Crippen molar-refractivity contribution in [2.45, 2.75) is 39.3 Å². The van der Waals surface area contributed by atoms with E-state index in [4.69, 9.17) is 10.00 Å². The van der Waals surface area contributed by atoms with Gasteiger partial charge in [-0.1, -0.05) is 0 Å². The molecule has 0 aromatic carbocycles. The number of ether oxygens (including phenoxy) is 1. The summed E-state index contributed by atoms with van der Waals surface area (Å²) in [6.45, 7) is 7.01. The van der Waals surface area contributed by atoms with E-state index in [0.717, 1.165) is 0 Å². The van der Waals surface area contributed by atoms with E-state index in [0.29, 0.717) is 0 Å². The molecule has 0 heterocycles. The van der Waals surface area contributed by atoms with Crippen LogP contribution in [0.4, 0.5) is 4.79 Å². The molecular formula is C9H16N2O2. The van der Waals surface area contributed by atoms with E-state index in [1.165, 1.54) is 4.90 Å². The highest BCUT2D eigenvalue weighted by molar-refractivity contribution is 5.68. The Morgan fingerprint density at radius 2 is 2.00 bits per heavy atom. The van der Waals surface area contributed by atoms with Crippen LogP contribution in [0.2, 0.25) is 0 Å². The van der Waals surface area contributed by atoms with Gasteiger partial charge in [0.1, 0.15) is 11.6 Å². The molecule has 4 nitrogen and oxygen atoms in total. The molecule has 0 bridgehead atoms. The maximum atomic E-state index is 11.3. The van der Waals surface area contributed by atoms with Crippen molar-refractivity contribution in [3.63, 3.8) is 0 Å². The monoisotopic (exact) mass is 184 g/mol. The number of amides is 1. The second kappa shape index (κ2) is 4.13. The van der Waals surface area contributed by atoms with Gasteiger partial charge in [0.25, 0.3) is 0 Å². The highest BCUT2D eigenvalue weighted by Crippen LogP contribution is 2.10. The van der Waals surface area contributed by atoms with Gasteiger partial charge in [0, 0.05) is 7.05 Å². The van der Waals surface area contributed by atoms with Gasteiger partial charge in [-0.15, -0.1) is 0 Å². The molecule has 0 fully saturated rings.